The molecule has 0 fully saturated rings. The first-order chi connectivity index (χ1) is 5.34. The number of hydrogen-bond acceptors (Lipinski definition) is 1. The van der Waals surface area contributed by atoms with Crippen LogP contribution < -0.4 is 21.7 Å². The molecular formula is C9H8BrFMgO. The standard InChI is InChI=1S/C9H8FO.BrH.Mg/c1-2-7-11-9-6-4-3-5-8(9)10;;/h2,4-6H,1,7H2;1H;/q-1;;+2/p-1. The van der Waals surface area contributed by atoms with Crippen LogP contribution in [-0.2, 0) is 0 Å². The second-order valence-electron chi connectivity index (χ2n) is 1.96. The van der Waals surface area contributed by atoms with Gasteiger partial charge in [-0.3, -0.25) is 4.39 Å². The maximum absolute atomic E-state index is 12.7. The topological polar surface area (TPSA) is 9.23 Å². The van der Waals surface area contributed by atoms with E-state index < -0.39 is 5.82 Å². The first-order valence-electron chi connectivity index (χ1n) is 3.24. The molecule has 0 spiro atoms. The summed E-state index contributed by atoms with van der Waals surface area (Å²) in [6, 6.07) is 6.96. The average Bonchev–Trinajstić information content (AvgIpc) is 2.03. The molecule has 1 nitrogen and oxygen atoms in total. The molecule has 0 aliphatic carbocycles. The molecule has 0 amide bonds. The maximum atomic E-state index is 12.7. The van der Waals surface area contributed by atoms with Gasteiger partial charge in [0.05, 0.1) is 0 Å². The zero-order chi connectivity index (χ0) is 8.10. The van der Waals surface area contributed by atoms with Crippen LogP contribution in [0.25, 0.3) is 0 Å². The summed E-state index contributed by atoms with van der Waals surface area (Å²) in [6.45, 7) is 3.77. The summed E-state index contributed by atoms with van der Waals surface area (Å²) in [6.07, 6.45) is 1.57. The SMILES string of the molecule is C=CCOc1cc[c-]cc1F.[Br-].[Mg+2]. The summed E-state index contributed by atoms with van der Waals surface area (Å²) in [5, 5.41) is 0. The summed E-state index contributed by atoms with van der Waals surface area (Å²) in [5.74, 6) is -0.155. The smallest absolute Gasteiger partial charge is 1.00 e. The molecule has 0 N–H and O–H groups in total. The van der Waals surface area contributed by atoms with E-state index in [1.807, 2.05) is 0 Å². The molecular weight excluding hydrogens is 247 g/mol. The predicted octanol–water partition coefficient (Wildman–Crippen LogP) is -1.19. The van der Waals surface area contributed by atoms with E-state index in [0.29, 0.717) is 6.61 Å². The minimum absolute atomic E-state index is 0. The minimum Gasteiger partial charge on any atom is -1.00 e. The van der Waals surface area contributed by atoms with Crippen molar-refractivity contribution in [3.8, 4) is 5.75 Å². The van der Waals surface area contributed by atoms with Crippen molar-refractivity contribution in [2.45, 2.75) is 0 Å². The zero-order valence-electron chi connectivity index (χ0n) is 7.09. The number of benzene rings is 1. The van der Waals surface area contributed by atoms with Crippen LogP contribution in [0.4, 0.5) is 4.39 Å². The van der Waals surface area contributed by atoms with Crippen molar-refractivity contribution in [3.05, 3.63) is 42.7 Å². The summed E-state index contributed by atoms with van der Waals surface area (Å²) >= 11 is 0. The maximum Gasteiger partial charge on any atom is 2.00 e. The van der Waals surface area contributed by atoms with Crippen LogP contribution in [0.3, 0.4) is 0 Å². The Bertz CT molecular complexity index is 255. The van der Waals surface area contributed by atoms with Gasteiger partial charge in [0.1, 0.15) is 6.61 Å². The average molecular weight is 255 g/mol. The molecule has 13 heavy (non-hydrogen) atoms. The fourth-order valence-corrected chi connectivity index (χ4v) is 0.662. The second kappa shape index (κ2) is 8.53. The van der Waals surface area contributed by atoms with E-state index in [2.05, 4.69) is 12.6 Å². The Balaban J connectivity index is 0. The van der Waals surface area contributed by atoms with Gasteiger partial charge in [0.15, 0.2) is 0 Å². The number of halogens is 2. The van der Waals surface area contributed by atoms with Crippen molar-refractivity contribution in [2.24, 2.45) is 0 Å². The Morgan fingerprint density at radius 1 is 1.62 bits per heavy atom. The van der Waals surface area contributed by atoms with Crippen LogP contribution in [0.1, 0.15) is 0 Å². The largest absolute Gasteiger partial charge is 2.00 e. The number of rotatable bonds is 3. The van der Waals surface area contributed by atoms with Gasteiger partial charge in [0.2, 0.25) is 0 Å². The van der Waals surface area contributed by atoms with Gasteiger partial charge in [-0.2, -0.15) is 12.1 Å². The number of hydrogen-bond donors (Lipinski definition) is 0. The van der Waals surface area contributed by atoms with Gasteiger partial charge in [0, 0.05) is 11.6 Å². The van der Waals surface area contributed by atoms with Gasteiger partial charge in [-0.15, -0.1) is 12.1 Å². The molecule has 0 bridgehead atoms. The molecule has 0 aromatic heterocycles. The third kappa shape index (κ3) is 5.28. The van der Waals surface area contributed by atoms with Crippen molar-refractivity contribution < 1.29 is 26.1 Å². The van der Waals surface area contributed by atoms with Crippen molar-refractivity contribution in [1.82, 2.24) is 0 Å². The van der Waals surface area contributed by atoms with Crippen molar-refractivity contribution in [2.75, 3.05) is 6.61 Å². The van der Waals surface area contributed by atoms with Crippen molar-refractivity contribution in [1.29, 1.82) is 0 Å². The van der Waals surface area contributed by atoms with Crippen LogP contribution in [0.15, 0.2) is 30.9 Å². The van der Waals surface area contributed by atoms with Crippen molar-refractivity contribution >= 4 is 23.1 Å². The molecule has 0 saturated carbocycles. The van der Waals surface area contributed by atoms with E-state index in [4.69, 9.17) is 4.74 Å². The van der Waals surface area contributed by atoms with Gasteiger partial charge >= 0.3 is 23.1 Å². The Kier molecular flexibility index (Phi) is 10.1. The Morgan fingerprint density at radius 3 is 2.85 bits per heavy atom. The fourth-order valence-electron chi connectivity index (χ4n) is 0.662. The van der Waals surface area contributed by atoms with Crippen LogP contribution >= 0.6 is 0 Å². The molecule has 0 radical (unpaired) electrons. The van der Waals surface area contributed by atoms with Gasteiger partial charge in [-0.25, -0.2) is 0 Å². The van der Waals surface area contributed by atoms with E-state index in [-0.39, 0.29) is 45.8 Å². The van der Waals surface area contributed by atoms with E-state index in [0.717, 1.165) is 0 Å². The third-order valence-electron chi connectivity index (χ3n) is 1.13. The zero-order valence-corrected chi connectivity index (χ0v) is 10.1. The van der Waals surface area contributed by atoms with Gasteiger partial charge in [-0.05, 0) is 0 Å². The van der Waals surface area contributed by atoms with Gasteiger partial charge in [0.25, 0.3) is 0 Å². The minimum atomic E-state index is -0.394. The van der Waals surface area contributed by atoms with E-state index in [1.165, 1.54) is 12.1 Å². The van der Waals surface area contributed by atoms with Crippen LogP contribution in [0.5, 0.6) is 5.75 Å². The summed E-state index contributed by atoms with van der Waals surface area (Å²) in [4.78, 5) is 0. The van der Waals surface area contributed by atoms with Gasteiger partial charge < -0.3 is 21.7 Å². The molecule has 0 saturated heterocycles. The molecule has 0 aliphatic heterocycles. The van der Waals surface area contributed by atoms with E-state index in [9.17, 15) is 4.39 Å². The third-order valence-corrected chi connectivity index (χ3v) is 1.13. The van der Waals surface area contributed by atoms with Crippen LogP contribution in [-0.4, -0.2) is 29.7 Å². The molecule has 1 aromatic rings. The molecule has 4 heteroatoms. The van der Waals surface area contributed by atoms with E-state index in [1.54, 1.807) is 12.1 Å². The summed E-state index contributed by atoms with van der Waals surface area (Å²) in [7, 11) is 0. The monoisotopic (exact) mass is 254 g/mol. The summed E-state index contributed by atoms with van der Waals surface area (Å²) in [5.41, 5.74) is 0. The normalized spacial score (nSPS) is 7.77. The Hall–Kier alpha value is -0.0638. The molecule has 0 aliphatic rings. The predicted molar refractivity (Wildman–Crippen MR) is 46.7 cm³/mol. The molecule has 0 heterocycles. The molecule has 0 unspecified atom stereocenters. The quantitative estimate of drug-likeness (QED) is 0.375. The van der Waals surface area contributed by atoms with Crippen LogP contribution in [0, 0.1) is 11.9 Å². The second-order valence-corrected chi connectivity index (χ2v) is 1.96. The fraction of sp³-hybridized carbons (Fsp3) is 0.111. The Morgan fingerprint density at radius 2 is 2.31 bits per heavy atom. The summed E-state index contributed by atoms with van der Waals surface area (Å²) < 4.78 is 17.7. The first-order valence-corrected chi connectivity index (χ1v) is 3.24. The molecule has 1 aromatic carbocycles. The van der Waals surface area contributed by atoms with Gasteiger partial charge in [-0.1, -0.05) is 12.7 Å². The molecule has 66 valence electrons. The van der Waals surface area contributed by atoms with E-state index >= 15 is 0 Å². The first kappa shape index (κ1) is 15.4. The molecule has 0 atom stereocenters. The van der Waals surface area contributed by atoms with Crippen molar-refractivity contribution in [3.63, 3.8) is 0 Å². The number of ether oxygens (including phenoxy) is 1. The molecule has 1 rings (SSSR count). The van der Waals surface area contributed by atoms with Crippen LogP contribution in [0.2, 0.25) is 0 Å². The Labute approximate surface area is 104 Å².